The first kappa shape index (κ1) is 27.3. The molecule has 1 fully saturated rings. The summed E-state index contributed by atoms with van der Waals surface area (Å²) in [6, 6.07) is 9.70. The van der Waals surface area contributed by atoms with Crippen LogP contribution in [0.1, 0.15) is 18.4 Å². The van der Waals surface area contributed by atoms with Crippen molar-refractivity contribution in [3.63, 3.8) is 0 Å². The zero-order chi connectivity index (χ0) is 26.8. The van der Waals surface area contributed by atoms with Crippen LogP contribution in [0.2, 0.25) is 10.0 Å². The second kappa shape index (κ2) is 11.8. The van der Waals surface area contributed by atoms with Crippen LogP contribution in [0, 0.1) is 5.82 Å². The molecule has 4 N–H and O–H groups in total. The van der Waals surface area contributed by atoms with Crippen LogP contribution in [0.3, 0.4) is 0 Å². The Labute approximate surface area is 246 Å². The predicted molar refractivity (Wildman–Crippen MR) is 160 cm³/mol. The van der Waals surface area contributed by atoms with E-state index in [0.29, 0.717) is 29.7 Å². The minimum Gasteiger partial charge on any atom is -0.494 e. The van der Waals surface area contributed by atoms with E-state index in [-0.39, 0.29) is 5.02 Å². The van der Waals surface area contributed by atoms with Gasteiger partial charge in [0, 0.05) is 90.0 Å². The van der Waals surface area contributed by atoms with Gasteiger partial charge >= 0.3 is 0 Å². The summed E-state index contributed by atoms with van der Waals surface area (Å²) in [4.78, 5) is 4.53. The minimum atomic E-state index is -0.478. The Bertz CT molecular complexity index is 1250. The Morgan fingerprint density at radius 2 is 1.95 bits per heavy atom. The number of anilines is 2. The molecule has 8 nitrogen and oxygen atoms in total. The van der Waals surface area contributed by atoms with E-state index < -0.39 is 5.82 Å². The van der Waals surface area contributed by atoms with E-state index in [1.165, 1.54) is 6.07 Å². The van der Waals surface area contributed by atoms with Gasteiger partial charge < -0.3 is 25.2 Å². The molecule has 3 heterocycles. The molecular formula is C26H31Cl2FIN7O. The predicted octanol–water partition coefficient (Wildman–Crippen LogP) is 5.03. The monoisotopic (exact) mass is 673 g/mol. The average molecular weight is 674 g/mol. The summed E-state index contributed by atoms with van der Waals surface area (Å²) in [7, 11) is 3.82. The highest BCUT2D eigenvalue weighted by molar-refractivity contribution is 14.1. The Morgan fingerprint density at radius 3 is 2.68 bits per heavy atom. The second-order valence-electron chi connectivity index (χ2n) is 9.49. The van der Waals surface area contributed by atoms with Crippen molar-refractivity contribution in [1.29, 1.82) is 0 Å². The first-order chi connectivity index (χ1) is 18.3. The number of ether oxygens (including phenoxy) is 1. The van der Waals surface area contributed by atoms with Gasteiger partial charge in [-0.05, 0) is 44.2 Å². The largest absolute Gasteiger partial charge is 0.494 e. The van der Waals surface area contributed by atoms with Crippen molar-refractivity contribution in [1.82, 2.24) is 24.2 Å². The van der Waals surface area contributed by atoms with Gasteiger partial charge in [-0.1, -0.05) is 23.2 Å². The van der Waals surface area contributed by atoms with Crippen molar-refractivity contribution in [2.24, 2.45) is 0 Å². The fourth-order valence-corrected chi connectivity index (χ4v) is 6.05. The van der Waals surface area contributed by atoms with Crippen molar-refractivity contribution in [2.45, 2.75) is 25.4 Å². The summed E-state index contributed by atoms with van der Waals surface area (Å²) in [5.74, 6) is 1.85. The highest BCUT2D eigenvalue weighted by Gasteiger charge is 2.26. The van der Waals surface area contributed by atoms with Crippen LogP contribution in [-0.4, -0.2) is 54.4 Å². The fourth-order valence-electron chi connectivity index (χ4n) is 5.00. The van der Waals surface area contributed by atoms with Gasteiger partial charge in [0.05, 0.1) is 23.5 Å². The molecule has 0 amide bonds. The number of nitrogens with one attached hydrogen (secondary N) is 4. The number of rotatable bonds is 7. The van der Waals surface area contributed by atoms with Gasteiger partial charge in [-0.25, -0.2) is 7.50 Å². The molecular weight excluding hydrogens is 643 g/mol. The summed E-state index contributed by atoms with van der Waals surface area (Å²) < 4.78 is 22.2. The summed E-state index contributed by atoms with van der Waals surface area (Å²) in [6.07, 6.45) is 4.27. The molecule has 38 heavy (non-hydrogen) atoms. The van der Waals surface area contributed by atoms with Gasteiger partial charge in [-0.3, -0.25) is 10.9 Å². The Hall–Kier alpha value is -2.28. The topological polar surface area (TPSA) is 67.1 Å². The maximum absolute atomic E-state index is 14.1. The number of halogens is 4. The number of nitrogens with zero attached hydrogens (tertiary/aromatic N) is 3. The van der Waals surface area contributed by atoms with E-state index in [1.54, 1.807) is 13.2 Å². The van der Waals surface area contributed by atoms with Crippen LogP contribution in [0.4, 0.5) is 15.8 Å². The van der Waals surface area contributed by atoms with Gasteiger partial charge in [0.15, 0.2) is 0 Å². The van der Waals surface area contributed by atoms with Crippen LogP contribution in [0.15, 0.2) is 53.7 Å². The molecule has 0 spiro atoms. The van der Waals surface area contributed by atoms with Crippen molar-refractivity contribution in [2.75, 3.05) is 50.6 Å². The number of allylic oxidation sites excluding steroid dienone is 1. The van der Waals surface area contributed by atoms with Crippen LogP contribution < -0.4 is 31.1 Å². The molecule has 0 atom stereocenters. The van der Waals surface area contributed by atoms with E-state index >= 15 is 0 Å². The molecule has 0 radical (unpaired) electrons. The van der Waals surface area contributed by atoms with Crippen molar-refractivity contribution in [3.8, 4) is 5.75 Å². The van der Waals surface area contributed by atoms with Gasteiger partial charge in [0.1, 0.15) is 23.2 Å². The molecule has 12 heteroatoms. The lowest BCUT2D eigenvalue weighted by molar-refractivity contribution is 0.306. The van der Waals surface area contributed by atoms with E-state index in [4.69, 9.17) is 27.9 Å². The number of piperidine rings is 1. The molecule has 1 saturated heterocycles. The second-order valence-corrected chi connectivity index (χ2v) is 11.8. The highest BCUT2D eigenvalue weighted by Crippen LogP contribution is 2.34. The Balaban J connectivity index is 1.33. The first-order valence-electron chi connectivity index (χ1n) is 12.5. The maximum Gasteiger partial charge on any atom is 0.144 e. The van der Waals surface area contributed by atoms with Gasteiger partial charge in [-0.15, -0.1) is 0 Å². The molecule has 3 aliphatic heterocycles. The molecule has 0 bridgehead atoms. The summed E-state index contributed by atoms with van der Waals surface area (Å²) in [6.45, 7) is 3.83. The third-order valence-corrected chi connectivity index (χ3v) is 8.71. The Morgan fingerprint density at radius 1 is 1.16 bits per heavy atom. The SMILES string of the molecule is COc1cc(N2CCC(N(C)I)CC2)ccc1NC1=CC2=C(NCCN2Cc2c(Cl)ccc(F)c2Cl)NN1. The van der Waals surface area contributed by atoms with Gasteiger partial charge in [0.2, 0.25) is 0 Å². The van der Waals surface area contributed by atoms with E-state index in [2.05, 4.69) is 76.4 Å². The van der Waals surface area contributed by atoms with Crippen LogP contribution in [-0.2, 0) is 6.54 Å². The number of methoxy groups -OCH3 is 1. The summed E-state index contributed by atoms with van der Waals surface area (Å²) >= 11 is 15.0. The minimum absolute atomic E-state index is 0.0535. The maximum atomic E-state index is 14.1. The molecule has 204 valence electrons. The molecule has 2 aromatic rings. The van der Waals surface area contributed by atoms with E-state index in [0.717, 1.165) is 66.9 Å². The standard InChI is InChI=1S/C26H31Cl2FIN7O/c1-35(30)16-7-10-36(11-8-16)17-3-6-21(23(13-17)38-2)32-24-14-22-26(34-33-24)31-9-12-37(22)15-18-19(27)4-5-20(29)25(18)28/h3-6,13-14,16,31-34H,7-12,15H2,1-2H3. The van der Waals surface area contributed by atoms with Crippen LogP contribution in [0.25, 0.3) is 0 Å². The molecule has 0 unspecified atom stereocenters. The number of hydrazine groups is 1. The molecule has 5 rings (SSSR count). The smallest absolute Gasteiger partial charge is 0.144 e. The number of benzene rings is 2. The zero-order valence-electron chi connectivity index (χ0n) is 21.3. The molecule has 0 aliphatic carbocycles. The number of hydrogen-bond acceptors (Lipinski definition) is 8. The molecule has 0 aromatic heterocycles. The Kier molecular flexibility index (Phi) is 8.51. The van der Waals surface area contributed by atoms with E-state index in [9.17, 15) is 4.39 Å². The normalized spacial score (nSPS) is 17.9. The lowest BCUT2D eigenvalue weighted by Gasteiger charge is -2.37. The first-order valence-corrected chi connectivity index (χ1v) is 14.2. The van der Waals surface area contributed by atoms with Crippen molar-refractivity contribution < 1.29 is 9.13 Å². The molecule has 3 aliphatic rings. The third kappa shape index (κ3) is 5.83. The zero-order valence-corrected chi connectivity index (χ0v) is 24.9. The average Bonchev–Trinajstić information content (AvgIpc) is 2.93. The van der Waals surface area contributed by atoms with Crippen molar-refractivity contribution in [3.05, 3.63) is 75.2 Å². The molecule has 2 aromatic carbocycles. The summed E-state index contributed by atoms with van der Waals surface area (Å²) in [5.41, 5.74) is 9.88. The van der Waals surface area contributed by atoms with Crippen LogP contribution >= 0.6 is 46.1 Å². The highest BCUT2D eigenvalue weighted by atomic mass is 127. The quantitative estimate of drug-likeness (QED) is 0.186. The third-order valence-electron chi connectivity index (χ3n) is 7.16. The lowest BCUT2D eigenvalue weighted by Crippen LogP contribution is -2.49. The molecule has 0 saturated carbocycles. The summed E-state index contributed by atoms with van der Waals surface area (Å²) in [5, 5.41) is 7.29. The number of hydrogen-bond donors (Lipinski definition) is 4. The van der Waals surface area contributed by atoms with Gasteiger partial charge in [-0.2, -0.15) is 0 Å². The van der Waals surface area contributed by atoms with E-state index in [1.807, 2.05) is 12.1 Å². The van der Waals surface area contributed by atoms with Crippen molar-refractivity contribution >= 4 is 57.4 Å². The fraction of sp³-hybridized carbons (Fsp3) is 0.385. The lowest BCUT2D eigenvalue weighted by atomic mass is 10.0. The van der Waals surface area contributed by atoms with Gasteiger partial charge in [0.25, 0.3) is 0 Å². The van der Waals surface area contributed by atoms with Crippen LogP contribution in [0.5, 0.6) is 5.75 Å².